The molecule has 5 heteroatoms. The first kappa shape index (κ1) is 19.2. The maximum atomic E-state index is 12.9. The average Bonchev–Trinajstić information content (AvgIpc) is 2.99. The van der Waals surface area contributed by atoms with E-state index >= 15 is 0 Å². The summed E-state index contributed by atoms with van der Waals surface area (Å²) in [6.45, 7) is 8.05. The van der Waals surface area contributed by atoms with Crippen molar-refractivity contribution in [1.82, 2.24) is 9.47 Å². The predicted octanol–water partition coefficient (Wildman–Crippen LogP) is 3.90. The van der Waals surface area contributed by atoms with Gasteiger partial charge in [0, 0.05) is 24.5 Å². The summed E-state index contributed by atoms with van der Waals surface area (Å²) in [6, 6.07) is 11.7. The van der Waals surface area contributed by atoms with Gasteiger partial charge in [-0.05, 0) is 44.2 Å². The first-order valence-corrected chi connectivity index (χ1v) is 9.71. The molecule has 1 saturated heterocycles. The van der Waals surface area contributed by atoms with Crippen LogP contribution in [0.3, 0.4) is 0 Å². The number of ether oxygens (including phenoxy) is 1. The molecule has 1 unspecified atom stereocenters. The zero-order chi connectivity index (χ0) is 19.4. The molecule has 1 aliphatic rings. The number of aromatic nitrogens is 1. The van der Waals surface area contributed by atoms with Crippen molar-refractivity contribution in [2.45, 2.75) is 40.2 Å². The van der Waals surface area contributed by atoms with E-state index in [2.05, 4.69) is 6.92 Å². The normalized spacial score (nSPS) is 17.0. The van der Waals surface area contributed by atoms with Gasteiger partial charge in [0.05, 0.1) is 12.2 Å². The maximum absolute atomic E-state index is 12.9. The molecule has 0 bridgehead atoms. The maximum Gasteiger partial charge on any atom is 0.339 e. The lowest BCUT2D eigenvalue weighted by molar-refractivity contribution is -0.133. The Morgan fingerprint density at radius 2 is 1.96 bits per heavy atom. The van der Waals surface area contributed by atoms with Crippen molar-refractivity contribution in [3.05, 3.63) is 47.7 Å². The van der Waals surface area contributed by atoms with E-state index in [0.29, 0.717) is 18.1 Å². The lowest BCUT2D eigenvalue weighted by Gasteiger charge is -2.31. The van der Waals surface area contributed by atoms with E-state index in [0.717, 1.165) is 36.5 Å². The Kier molecular flexibility index (Phi) is 5.99. The van der Waals surface area contributed by atoms with Crippen LogP contribution in [0.25, 0.3) is 11.3 Å². The molecule has 1 aromatic carbocycles. The third kappa shape index (κ3) is 4.24. The monoisotopic (exact) mass is 368 g/mol. The third-order valence-electron chi connectivity index (χ3n) is 5.23. The number of rotatable bonds is 5. The molecule has 2 heterocycles. The number of carbonyl (C=O) groups excluding carboxylic acids is 2. The van der Waals surface area contributed by atoms with Crippen LogP contribution in [0.15, 0.2) is 36.4 Å². The molecule has 0 saturated carbocycles. The van der Waals surface area contributed by atoms with Crippen molar-refractivity contribution in [3.8, 4) is 11.3 Å². The number of piperidine rings is 1. The fraction of sp³-hybridized carbons (Fsp3) is 0.455. The van der Waals surface area contributed by atoms with Crippen LogP contribution in [0.5, 0.6) is 0 Å². The molecule has 3 rings (SSSR count). The Bertz CT molecular complexity index is 810. The van der Waals surface area contributed by atoms with Gasteiger partial charge in [0.2, 0.25) is 5.91 Å². The molecular weight excluding hydrogens is 340 g/mol. The number of carbonyl (C=O) groups is 2. The molecule has 1 fully saturated rings. The zero-order valence-electron chi connectivity index (χ0n) is 16.4. The highest BCUT2D eigenvalue weighted by atomic mass is 16.5. The van der Waals surface area contributed by atoms with Gasteiger partial charge in [0.25, 0.3) is 0 Å². The van der Waals surface area contributed by atoms with E-state index in [1.165, 1.54) is 6.42 Å². The summed E-state index contributed by atoms with van der Waals surface area (Å²) in [4.78, 5) is 27.3. The van der Waals surface area contributed by atoms with Gasteiger partial charge in [0.15, 0.2) is 0 Å². The second-order valence-electron chi connectivity index (χ2n) is 7.29. The van der Waals surface area contributed by atoms with Crippen molar-refractivity contribution < 1.29 is 14.3 Å². The fourth-order valence-electron chi connectivity index (χ4n) is 3.76. The Morgan fingerprint density at radius 1 is 1.22 bits per heavy atom. The van der Waals surface area contributed by atoms with Crippen molar-refractivity contribution in [2.75, 3.05) is 19.7 Å². The summed E-state index contributed by atoms with van der Waals surface area (Å²) in [5.41, 5.74) is 3.15. The number of hydrogen-bond donors (Lipinski definition) is 0. The molecule has 144 valence electrons. The van der Waals surface area contributed by atoms with Gasteiger partial charge in [-0.15, -0.1) is 0 Å². The quantitative estimate of drug-likeness (QED) is 0.752. The van der Waals surface area contributed by atoms with Crippen molar-refractivity contribution in [2.24, 2.45) is 5.92 Å². The molecule has 0 radical (unpaired) electrons. The zero-order valence-corrected chi connectivity index (χ0v) is 16.4. The summed E-state index contributed by atoms with van der Waals surface area (Å²) in [5, 5.41) is 0. The second kappa shape index (κ2) is 8.42. The molecule has 0 spiro atoms. The summed E-state index contributed by atoms with van der Waals surface area (Å²) in [7, 11) is 0. The highest BCUT2D eigenvalue weighted by molar-refractivity contribution is 5.93. The molecule has 2 aromatic rings. The van der Waals surface area contributed by atoms with Crippen LogP contribution < -0.4 is 0 Å². The molecule has 1 aromatic heterocycles. The number of likely N-dealkylation sites (tertiary alicyclic amines) is 1. The minimum atomic E-state index is -0.343. The SMILES string of the molecule is CCOC(=O)c1cc(-c2ccccc2)n(CC(=O)N2CCCC(C)C2)c1C. The van der Waals surface area contributed by atoms with Crippen LogP contribution in [0.2, 0.25) is 0 Å². The van der Waals surface area contributed by atoms with E-state index in [1.54, 1.807) is 6.92 Å². The first-order valence-electron chi connectivity index (χ1n) is 9.71. The Morgan fingerprint density at radius 3 is 2.63 bits per heavy atom. The van der Waals surface area contributed by atoms with Crippen LogP contribution in [0.4, 0.5) is 0 Å². The molecule has 1 atom stereocenters. The number of esters is 1. The summed E-state index contributed by atoms with van der Waals surface area (Å²) >= 11 is 0. The van der Waals surface area contributed by atoms with Crippen LogP contribution in [-0.2, 0) is 16.1 Å². The second-order valence-corrected chi connectivity index (χ2v) is 7.29. The number of benzene rings is 1. The predicted molar refractivity (Wildman–Crippen MR) is 106 cm³/mol. The fourth-order valence-corrected chi connectivity index (χ4v) is 3.76. The van der Waals surface area contributed by atoms with Gasteiger partial charge in [-0.2, -0.15) is 0 Å². The van der Waals surface area contributed by atoms with Gasteiger partial charge < -0.3 is 14.2 Å². The smallest absolute Gasteiger partial charge is 0.339 e. The van der Waals surface area contributed by atoms with E-state index in [-0.39, 0.29) is 18.4 Å². The van der Waals surface area contributed by atoms with Gasteiger partial charge in [0.1, 0.15) is 6.54 Å². The standard InChI is InChI=1S/C22H28N2O3/c1-4-27-22(26)19-13-20(18-10-6-5-7-11-18)24(17(19)3)15-21(25)23-12-8-9-16(2)14-23/h5-7,10-11,13,16H,4,8-9,12,14-15H2,1-3H3. The molecule has 5 nitrogen and oxygen atoms in total. The van der Waals surface area contributed by atoms with Gasteiger partial charge in [-0.3, -0.25) is 4.79 Å². The summed E-state index contributed by atoms with van der Waals surface area (Å²) < 4.78 is 7.15. The summed E-state index contributed by atoms with van der Waals surface area (Å²) in [6.07, 6.45) is 2.23. The van der Waals surface area contributed by atoms with Gasteiger partial charge in [-0.1, -0.05) is 37.3 Å². The summed E-state index contributed by atoms with van der Waals surface area (Å²) in [5.74, 6) is 0.301. The van der Waals surface area contributed by atoms with Crippen molar-refractivity contribution in [3.63, 3.8) is 0 Å². The molecule has 0 N–H and O–H groups in total. The minimum Gasteiger partial charge on any atom is -0.462 e. The van der Waals surface area contributed by atoms with E-state index in [9.17, 15) is 9.59 Å². The largest absolute Gasteiger partial charge is 0.462 e. The molecule has 1 amide bonds. The minimum absolute atomic E-state index is 0.104. The third-order valence-corrected chi connectivity index (χ3v) is 5.23. The lowest BCUT2D eigenvalue weighted by Crippen LogP contribution is -2.41. The number of amides is 1. The number of nitrogens with zero attached hydrogens (tertiary/aromatic N) is 2. The van der Waals surface area contributed by atoms with Crippen molar-refractivity contribution >= 4 is 11.9 Å². The number of hydrogen-bond acceptors (Lipinski definition) is 3. The highest BCUT2D eigenvalue weighted by Gasteiger charge is 2.25. The molecular formula is C22H28N2O3. The van der Waals surface area contributed by atoms with E-state index in [1.807, 2.05) is 52.8 Å². The van der Waals surface area contributed by atoms with Crippen LogP contribution in [0.1, 0.15) is 42.7 Å². The molecule has 27 heavy (non-hydrogen) atoms. The topological polar surface area (TPSA) is 51.5 Å². The van der Waals surface area contributed by atoms with E-state index < -0.39 is 0 Å². The van der Waals surface area contributed by atoms with E-state index in [4.69, 9.17) is 4.74 Å². The average molecular weight is 368 g/mol. The highest BCUT2D eigenvalue weighted by Crippen LogP contribution is 2.27. The van der Waals surface area contributed by atoms with Crippen LogP contribution in [0, 0.1) is 12.8 Å². The molecule has 1 aliphatic heterocycles. The molecule has 0 aliphatic carbocycles. The first-order chi connectivity index (χ1) is 13.0. The van der Waals surface area contributed by atoms with Crippen molar-refractivity contribution in [1.29, 1.82) is 0 Å². The Hall–Kier alpha value is -2.56. The Labute approximate surface area is 160 Å². The Balaban J connectivity index is 1.94. The van der Waals surface area contributed by atoms with Crippen LogP contribution >= 0.6 is 0 Å². The van der Waals surface area contributed by atoms with Gasteiger partial charge >= 0.3 is 5.97 Å². The van der Waals surface area contributed by atoms with Crippen LogP contribution in [-0.4, -0.2) is 41.0 Å². The lowest BCUT2D eigenvalue weighted by atomic mass is 10.0. The van der Waals surface area contributed by atoms with Gasteiger partial charge in [-0.25, -0.2) is 4.79 Å².